The number of carbonyl (C=O) groups is 1. The number of Topliss-reactive ketones (excluding diaryl/α,β-unsaturated/α-hetero) is 1. The molecule has 0 aliphatic carbocycles. The van der Waals surface area contributed by atoms with E-state index in [9.17, 15) is 18.0 Å². The number of halogens is 3. The van der Waals surface area contributed by atoms with Crippen LogP contribution in [-0.4, -0.2) is 43.3 Å². The van der Waals surface area contributed by atoms with E-state index in [0.717, 1.165) is 6.20 Å². The molecular formula is C27H27F3N6O. The number of nitrogens with zero attached hydrogens (tertiary/aromatic N) is 5. The molecule has 1 saturated heterocycles. The van der Waals surface area contributed by atoms with Crippen molar-refractivity contribution in [2.24, 2.45) is 0 Å². The second-order valence-corrected chi connectivity index (χ2v) is 9.58. The van der Waals surface area contributed by atoms with Crippen molar-refractivity contribution in [3.63, 3.8) is 0 Å². The smallest absolute Gasteiger partial charge is 0.227 e. The minimum atomic E-state index is -0.710. The number of imidazole rings is 1. The summed E-state index contributed by atoms with van der Waals surface area (Å²) in [5, 5.41) is 2.91. The molecule has 2 aromatic carbocycles. The number of carbonyl (C=O) groups excluding carboxylic acids is 1. The molecule has 0 amide bonds. The van der Waals surface area contributed by atoms with Gasteiger partial charge in [0.1, 0.15) is 28.6 Å². The lowest BCUT2D eigenvalue weighted by Gasteiger charge is -2.26. The highest BCUT2D eigenvalue weighted by Crippen LogP contribution is 2.30. The summed E-state index contributed by atoms with van der Waals surface area (Å²) in [6.45, 7) is 7.37. The van der Waals surface area contributed by atoms with Crippen molar-refractivity contribution in [2.75, 3.05) is 18.4 Å². The van der Waals surface area contributed by atoms with Crippen LogP contribution in [0.25, 0.3) is 22.3 Å². The molecule has 0 spiro atoms. The van der Waals surface area contributed by atoms with Crippen molar-refractivity contribution in [1.29, 1.82) is 0 Å². The Balaban J connectivity index is 1.41. The summed E-state index contributed by atoms with van der Waals surface area (Å²) >= 11 is 0. The molecule has 192 valence electrons. The summed E-state index contributed by atoms with van der Waals surface area (Å²) in [4.78, 5) is 26.0. The van der Waals surface area contributed by atoms with Crippen LogP contribution in [0, 0.1) is 24.4 Å². The minimum absolute atomic E-state index is 0.0300. The van der Waals surface area contributed by atoms with Crippen molar-refractivity contribution in [2.45, 2.75) is 46.2 Å². The number of benzene rings is 2. The van der Waals surface area contributed by atoms with E-state index in [-0.39, 0.29) is 34.5 Å². The molecule has 1 aliphatic heterocycles. The maximum absolute atomic E-state index is 14.9. The van der Waals surface area contributed by atoms with Gasteiger partial charge in [0.15, 0.2) is 11.6 Å². The van der Waals surface area contributed by atoms with E-state index >= 15 is 0 Å². The average molecular weight is 509 g/mol. The molecule has 4 aromatic rings. The maximum Gasteiger partial charge on any atom is 0.227 e. The molecule has 0 bridgehead atoms. The predicted molar refractivity (Wildman–Crippen MR) is 135 cm³/mol. The highest BCUT2D eigenvalue weighted by molar-refractivity contribution is 5.83. The molecule has 0 radical (unpaired) electrons. The summed E-state index contributed by atoms with van der Waals surface area (Å²) in [5.74, 6) is -0.748. The first kappa shape index (κ1) is 24.9. The van der Waals surface area contributed by atoms with Crippen LogP contribution in [0.3, 0.4) is 0 Å². The van der Waals surface area contributed by atoms with Crippen molar-refractivity contribution in [3.8, 4) is 11.3 Å². The third-order valence-electron chi connectivity index (χ3n) is 6.58. The number of hydrogen-bond donors (Lipinski definition) is 1. The fourth-order valence-corrected chi connectivity index (χ4v) is 4.77. The van der Waals surface area contributed by atoms with Gasteiger partial charge < -0.3 is 9.88 Å². The highest BCUT2D eigenvalue weighted by atomic mass is 19.1. The zero-order chi connectivity index (χ0) is 26.3. The first-order chi connectivity index (χ1) is 17.7. The van der Waals surface area contributed by atoms with E-state index in [2.05, 4.69) is 20.3 Å². The van der Waals surface area contributed by atoms with Gasteiger partial charge >= 0.3 is 0 Å². The number of aromatic nitrogens is 4. The zero-order valence-electron chi connectivity index (χ0n) is 20.9. The van der Waals surface area contributed by atoms with E-state index in [1.165, 1.54) is 12.1 Å². The lowest BCUT2D eigenvalue weighted by Crippen LogP contribution is -2.33. The third kappa shape index (κ3) is 5.06. The summed E-state index contributed by atoms with van der Waals surface area (Å²) in [6, 6.07) is 7.58. The van der Waals surface area contributed by atoms with Crippen molar-refractivity contribution < 1.29 is 18.0 Å². The Labute approximate surface area is 212 Å². The summed E-state index contributed by atoms with van der Waals surface area (Å²) in [6.07, 6.45) is 1.98. The largest absolute Gasteiger partial charge is 0.326 e. The fourth-order valence-electron chi connectivity index (χ4n) is 4.77. The van der Waals surface area contributed by atoms with Crippen LogP contribution in [0.15, 0.2) is 36.5 Å². The van der Waals surface area contributed by atoms with Crippen LogP contribution in [-0.2, 0) is 11.3 Å². The van der Waals surface area contributed by atoms with Gasteiger partial charge in [0, 0.05) is 55.3 Å². The predicted octanol–water partition coefficient (Wildman–Crippen LogP) is 5.71. The summed E-state index contributed by atoms with van der Waals surface area (Å²) in [5.41, 5.74) is 1.84. The Kier molecular flexibility index (Phi) is 6.68. The maximum atomic E-state index is 14.9. The van der Waals surface area contributed by atoms with E-state index in [1.807, 2.05) is 23.3 Å². The van der Waals surface area contributed by atoms with Gasteiger partial charge in [0.05, 0.1) is 11.7 Å². The molecule has 2 aromatic heterocycles. The van der Waals surface area contributed by atoms with E-state index in [0.29, 0.717) is 55.1 Å². The Morgan fingerprint density at radius 1 is 1.00 bits per heavy atom. The number of rotatable bonds is 6. The highest BCUT2D eigenvalue weighted by Gasteiger charge is 2.20. The number of nitrogens with one attached hydrogen (secondary N) is 1. The number of ketones is 1. The number of piperidine rings is 1. The third-order valence-corrected chi connectivity index (χ3v) is 6.58. The normalized spacial score (nSPS) is 14.6. The van der Waals surface area contributed by atoms with Gasteiger partial charge in [-0.2, -0.15) is 0 Å². The number of anilines is 2. The second-order valence-electron chi connectivity index (χ2n) is 9.58. The van der Waals surface area contributed by atoms with Crippen LogP contribution < -0.4 is 5.32 Å². The fraction of sp³-hybridized carbons (Fsp3) is 0.333. The number of hydrogen-bond acceptors (Lipinski definition) is 6. The summed E-state index contributed by atoms with van der Waals surface area (Å²) in [7, 11) is 0. The van der Waals surface area contributed by atoms with Gasteiger partial charge in [0.25, 0.3) is 0 Å². The molecular weight excluding hydrogens is 481 g/mol. The average Bonchev–Trinajstić information content (AvgIpc) is 3.20. The monoisotopic (exact) mass is 508 g/mol. The number of fused-ring (bicyclic) bond motifs is 1. The Morgan fingerprint density at radius 3 is 2.46 bits per heavy atom. The Hall–Kier alpha value is -3.79. The standard InChI is InChI=1S/C27H27F3N6O/c1-15(2)36-16(3)32-26-22(29)10-18(11-24(26)36)25-23(30)13-31-27(34-25)33-19-5-4-17(21(28)12-19)14-35-8-6-20(37)7-9-35/h4-5,10-13,15H,6-9,14H2,1-3H3,(H,31,33,34). The van der Waals surface area contributed by atoms with Crippen molar-refractivity contribution in [3.05, 3.63) is 65.4 Å². The van der Waals surface area contributed by atoms with Crippen LogP contribution in [0.2, 0.25) is 0 Å². The van der Waals surface area contributed by atoms with E-state index in [4.69, 9.17) is 0 Å². The van der Waals surface area contributed by atoms with Gasteiger partial charge in [0.2, 0.25) is 5.95 Å². The van der Waals surface area contributed by atoms with Gasteiger partial charge in [-0.15, -0.1) is 0 Å². The molecule has 1 aliphatic rings. The zero-order valence-corrected chi connectivity index (χ0v) is 20.9. The SMILES string of the molecule is Cc1nc2c(F)cc(-c3nc(Nc4ccc(CN5CCC(=O)CC5)c(F)c4)ncc3F)cc2n1C(C)C. The molecule has 0 atom stereocenters. The minimum Gasteiger partial charge on any atom is -0.326 e. The second kappa shape index (κ2) is 9.93. The first-order valence-corrected chi connectivity index (χ1v) is 12.2. The number of aryl methyl sites for hydroxylation is 1. The first-order valence-electron chi connectivity index (χ1n) is 12.2. The lowest BCUT2D eigenvalue weighted by molar-refractivity contribution is -0.121. The van der Waals surface area contributed by atoms with Gasteiger partial charge in [-0.3, -0.25) is 9.69 Å². The van der Waals surface area contributed by atoms with Crippen LogP contribution in [0.4, 0.5) is 24.8 Å². The van der Waals surface area contributed by atoms with E-state index < -0.39 is 17.5 Å². The van der Waals surface area contributed by atoms with E-state index in [1.54, 1.807) is 25.1 Å². The van der Waals surface area contributed by atoms with Crippen molar-refractivity contribution >= 4 is 28.5 Å². The van der Waals surface area contributed by atoms with Crippen molar-refractivity contribution in [1.82, 2.24) is 24.4 Å². The molecule has 5 rings (SSSR count). The van der Waals surface area contributed by atoms with Gasteiger partial charge in [-0.25, -0.2) is 28.1 Å². The topological polar surface area (TPSA) is 75.9 Å². The molecule has 37 heavy (non-hydrogen) atoms. The van der Waals surface area contributed by atoms with Crippen LogP contribution in [0.5, 0.6) is 0 Å². The lowest BCUT2D eigenvalue weighted by atomic mass is 10.1. The molecule has 7 nitrogen and oxygen atoms in total. The Bertz CT molecular complexity index is 1490. The molecule has 0 saturated carbocycles. The van der Waals surface area contributed by atoms with Crippen LogP contribution in [0.1, 0.15) is 44.1 Å². The Morgan fingerprint density at radius 2 is 1.76 bits per heavy atom. The quantitative estimate of drug-likeness (QED) is 0.360. The summed E-state index contributed by atoms with van der Waals surface area (Å²) < 4.78 is 46.4. The number of likely N-dealkylation sites (tertiary alicyclic amines) is 1. The molecule has 10 heteroatoms. The molecule has 1 fully saturated rings. The molecule has 0 unspecified atom stereocenters. The van der Waals surface area contributed by atoms with Crippen LogP contribution >= 0.6 is 0 Å². The van der Waals surface area contributed by atoms with Gasteiger partial charge in [-0.1, -0.05) is 6.07 Å². The van der Waals surface area contributed by atoms with Gasteiger partial charge in [-0.05, 0) is 45.0 Å². The molecule has 3 heterocycles. The molecule has 1 N–H and O–H groups in total.